The van der Waals surface area contributed by atoms with Crippen LogP contribution in [0.15, 0.2) is 48.5 Å². The second-order valence-corrected chi connectivity index (χ2v) is 6.48. The molecule has 1 atom stereocenters. The van der Waals surface area contributed by atoms with Crippen molar-refractivity contribution < 1.29 is 14.3 Å². The van der Waals surface area contributed by atoms with E-state index in [1.165, 1.54) is 4.90 Å². The fourth-order valence-electron chi connectivity index (χ4n) is 2.49. The number of rotatable bonds is 7. The topological polar surface area (TPSA) is 58.6 Å². The van der Waals surface area contributed by atoms with E-state index < -0.39 is 6.04 Å². The van der Waals surface area contributed by atoms with Crippen LogP contribution in [-0.2, 0) is 16.1 Å². The van der Waals surface area contributed by atoms with E-state index in [1.807, 2.05) is 43.3 Å². The highest BCUT2D eigenvalue weighted by atomic mass is 35.5. The molecule has 6 heteroatoms. The number of halogens is 1. The van der Waals surface area contributed by atoms with E-state index in [9.17, 15) is 9.59 Å². The van der Waals surface area contributed by atoms with Crippen LogP contribution in [0.3, 0.4) is 0 Å². The van der Waals surface area contributed by atoms with Crippen LogP contribution in [-0.4, -0.2) is 36.4 Å². The van der Waals surface area contributed by atoms with Gasteiger partial charge in [0.2, 0.25) is 5.91 Å². The van der Waals surface area contributed by atoms with Crippen LogP contribution in [0.4, 0.5) is 0 Å². The third-order valence-electron chi connectivity index (χ3n) is 4.04. The first-order valence-corrected chi connectivity index (χ1v) is 8.73. The van der Waals surface area contributed by atoms with Gasteiger partial charge < -0.3 is 15.0 Å². The van der Waals surface area contributed by atoms with E-state index in [0.717, 1.165) is 11.1 Å². The zero-order chi connectivity index (χ0) is 19.1. The van der Waals surface area contributed by atoms with Gasteiger partial charge >= 0.3 is 0 Å². The molecule has 26 heavy (non-hydrogen) atoms. The van der Waals surface area contributed by atoms with Crippen molar-refractivity contribution >= 4 is 23.4 Å². The lowest BCUT2D eigenvalue weighted by Gasteiger charge is -2.28. The van der Waals surface area contributed by atoms with Gasteiger partial charge in [0, 0.05) is 18.6 Å². The number of nitrogens with one attached hydrogen (secondary N) is 1. The number of aryl methyl sites for hydroxylation is 1. The Bertz CT molecular complexity index is 762. The summed E-state index contributed by atoms with van der Waals surface area (Å²) >= 11 is 6.02. The zero-order valence-electron chi connectivity index (χ0n) is 15.2. The number of nitrogens with zero attached hydrogens (tertiary/aromatic N) is 1. The van der Waals surface area contributed by atoms with Crippen molar-refractivity contribution in [3.05, 3.63) is 64.7 Å². The predicted molar refractivity (Wildman–Crippen MR) is 102 cm³/mol. The number of carbonyl (C=O) groups excluding carboxylic acids is 2. The maximum Gasteiger partial charge on any atom is 0.261 e. The fourth-order valence-corrected chi connectivity index (χ4v) is 2.70. The van der Waals surface area contributed by atoms with Gasteiger partial charge in [-0.05, 0) is 43.7 Å². The highest BCUT2D eigenvalue weighted by Gasteiger charge is 2.25. The summed E-state index contributed by atoms with van der Waals surface area (Å²) in [7, 11) is 1.55. The minimum absolute atomic E-state index is 0.148. The van der Waals surface area contributed by atoms with E-state index in [2.05, 4.69) is 5.32 Å². The molecule has 0 unspecified atom stereocenters. The molecule has 2 rings (SSSR count). The molecule has 138 valence electrons. The third kappa shape index (κ3) is 5.49. The molecule has 0 aromatic heterocycles. The first kappa shape index (κ1) is 19.8. The van der Waals surface area contributed by atoms with Crippen LogP contribution in [0, 0.1) is 6.92 Å². The van der Waals surface area contributed by atoms with E-state index in [1.54, 1.807) is 26.1 Å². The molecule has 0 saturated heterocycles. The van der Waals surface area contributed by atoms with Crippen molar-refractivity contribution in [2.45, 2.75) is 26.4 Å². The van der Waals surface area contributed by atoms with Gasteiger partial charge in [0.25, 0.3) is 5.91 Å². The van der Waals surface area contributed by atoms with Crippen molar-refractivity contribution in [3.8, 4) is 5.75 Å². The fraction of sp³-hybridized carbons (Fsp3) is 0.300. The standard InChI is InChI=1S/C20H23ClN2O3/c1-14-7-9-18(10-8-14)26-13-19(24)23(15(2)20(25)22-3)12-16-5-4-6-17(21)11-16/h4-11,15H,12-13H2,1-3H3,(H,22,25)/t15-/m0/s1. The first-order valence-electron chi connectivity index (χ1n) is 8.35. The van der Waals surface area contributed by atoms with E-state index in [4.69, 9.17) is 16.3 Å². The Balaban J connectivity index is 2.12. The van der Waals surface area contributed by atoms with Crippen LogP contribution in [0.5, 0.6) is 5.75 Å². The summed E-state index contributed by atoms with van der Waals surface area (Å²) in [5.41, 5.74) is 1.96. The molecule has 0 saturated carbocycles. The number of benzene rings is 2. The molecule has 0 radical (unpaired) electrons. The molecule has 0 aliphatic rings. The molecular formula is C20H23ClN2O3. The average molecular weight is 375 g/mol. The number of hydrogen-bond acceptors (Lipinski definition) is 3. The second kappa shape index (κ2) is 9.25. The summed E-state index contributed by atoms with van der Waals surface area (Å²) in [4.78, 5) is 26.3. The highest BCUT2D eigenvalue weighted by molar-refractivity contribution is 6.30. The maximum atomic E-state index is 12.7. The Morgan fingerprint density at radius 3 is 2.50 bits per heavy atom. The van der Waals surface area contributed by atoms with Crippen LogP contribution in [0.1, 0.15) is 18.1 Å². The Labute approximate surface area is 158 Å². The van der Waals surface area contributed by atoms with Crippen molar-refractivity contribution in [1.82, 2.24) is 10.2 Å². The molecule has 0 aliphatic heterocycles. The highest BCUT2D eigenvalue weighted by Crippen LogP contribution is 2.16. The Morgan fingerprint density at radius 1 is 1.19 bits per heavy atom. The van der Waals surface area contributed by atoms with E-state index in [0.29, 0.717) is 10.8 Å². The van der Waals surface area contributed by atoms with Crippen molar-refractivity contribution in [3.63, 3.8) is 0 Å². The van der Waals surface area contributed by atoms with Crippen molar-refractivity contribution in [2.24, 2.45) is 0 Å². The van der Waals surface area contributed by atoms with Gasteiger partial charge in [0.15, 0.2) is 6.61 Å². The molecule has 0 spiro atoms. The summed E-state index contributed by atoms with van der Waals surface area (Å²) in [6, 6.07) is 14.0. The minimum atomic E-state index is -0.631. The molecule has 2 aromatic rings. The van der Waals surface area contributed by atoms with E-state index in [-0.39, 0.29) is 25.0 Å². The molecule has 5 nitrogen and oxygen atoms in total. The van der Waals surface area contributed by atoms with E-state index >= 15 is 0 Å². The van der Waals surface area contributed by atoms with Crippen molar-refractivity contribution in [2.75, 3.05) is 13.7 Å². The summed E-state index contributed by atoms with van der Waals surface area (Å²) in [6.45, 7) is 3.79. The molecule has 2 aromatic carbocycles. The molecule has 0 bridgehead atoms. The lowest BCUT2D eigenvalue weighted by Crippen LogP contribution is -2.48. The number of ether oxygens (including phenoxy) is 1. The minimum Gasteiger partial charge on any atom is -0.484 e. The SMILES string of the molecule is CNC(=O)[C@H](C)N(Cc1cccc(Cl)c1)C(=O)COc1ccc(C)cc1. The lowest BCUT2D eigenvalue weighted by atomic mass is 10.1. The van der Waals surface area contributed by atoms with Crippen LogP contribution >= 0.6 is 11.6 Å². The first-order chi connectivity index (χ1) is 12.4. The number of carbonyl (C=O) groups is 2. The van der Waals surface area contributed by atoms with Gasteiger partial charge in [0.1, 0.15) is 11.8 Å². The van der Waals surface area contributed by atoms with Gasteiger partial charge in [-0.25, -0.2) is 0 Å². The van der Waals surface area contributed by atoms with Crippen molar-refractivity contribution in [1.29, 1.82) is 0 Å². The Kier molecular flexibility index (Phi) is 7.04. The predicted octanol–water partition coefficient (Wildman–Crippen LogP) is 3.19. The molecule has 0 aliphatic carbocycles. The molecule has 2 amide bonds. The van der Waals surface area contributed by atoms with Crippen LogP contribution in [0.2, 0.25) is 5.02 Å². The number of likely N-dealkylation sites (N-methyl/N-ethyl adjacent to an activating group) is 1. The van der Waals surface area contributed by atoms with Crippen LogP contribution < -0.4 is 10.1 Å². The van der Waals surface area contributed by atoms with Gasteiger partial charge in [-0.3, -0.25) is 9.59 Å². The summed E-state index contributed by atoms with van der Waals surface area (Å²) in [5, 5.41) is 3.16. The zero-order valence-corrected chi connectivity index (χ0v) is 15.9. The molecule has 1 N–H and O–H groups in total. The summed E-state index contributed by atoms with van der Waals surface area (Å²) in [6.07, 6.45) is 0. The Morgan fingerprint density at radius 2 is 1.88 bits per heavy atom. The maximum absolute atomic E-state index is 12.7. The number of hydrogen-bond donors (Lipinski definition) is 1. The van der Waals surface area contributed by atoms with Gasteiger partial charge in [0.05, 0.1) is 0 Å². The Hall–Kier alpha value is -2.53. The molecular weight excluding hydrogens is 352 g/mol. The normalized spacial score (nSPS) is 11.5. The van der Waals surface area contributed by atoms with Gasteiger partial charge in [-0.2, -0.15) is 0 Å². The monoisotopic (exact) mass is 374 g/mol. The summed E-state index contributed by atoms with van der Waals surface area (Å²) < 4.78 is 5.58. The van der Waals surface area contributed by atoms with Gasteiger partial charge in [-0.1, -0.05) is 41.4 Å². The second-order valence-electron chi connectivity index (χ2n) is 6.04. The smallest absolute Gasteiger partial charge is 0.261 e. The summed E-state index contributed by atoms with van der Waals surface area (Å²) in [5.74, 6) is 0.0941. The quantitative estimate of drug-likeness (QED) is 0.809. The van der Waals surface area contributed by atoms with Gasteiger partial charge in [-0.15, -0.1) is 0 Å². The number of amides is 2. The molecule has 0 heterocycles. The largest absolute Gasteiger partial charge is 0.484 e. The average Bonchev–Trinajstić information content (AvgIpc) is 2.64. The molecule has 0 fully saturated rings. The lowest BCUT2D eigenvalue weighted by molar-refractivity contribution is -0.142. The third-order valence-corrected chi connectivity index (χ3v) is 4.27. The van der Waals surface area contributed by atoms with Crippen LogP contribution in [0.25, 0.3) is 0 Å².